The molecule has 0 rings (SSSR count). The fourth-order valence-corrected chi connectivity index (χ4v) is 11.6. The van der Waals surface area contributed by atoms with Crippen LogP contribution in [0.2, 0.25) is 0 Å². The SMILES string of the molecule is CCCCCCC/C=C\C/C=C\CCCCCCCCCCCCCCCCCCCCCCCC(=O)OCC(COC(=O)CCCCCCCCC)OC(=O)CCCCCCCCCCCCCCCCCCCCCCCCCC. The molecule has 0 radical (unpaired) electrons. The van der Waals surface area contributed by atoms with Gasteiger partial charge in [-0.3, -0.25) is 14.4 Å². The molecule has 484 valence electrons. The Balaban J connectivity index is 3.95. The van der Waals surface area contributed by atoms with E-state index in [2.05, 4.69) is 45.1 Å². The molecule has 0 aliphatic carbocycles. The van der Waals surface area contributed by atoms with Gasteiger partial charge in [-0.25, -0.2) is 0 Å². The molecule has 0 N–H and O–H groups in total. The third-order valence-corrected chi connectivity index (χ3v) is 17.2. The molecule has 0 aromatic rings. The van der Waals surface area contributed by atoms with Crippen molar-refractivity contribution in [1.29, 1.82) is 0 Å². The minimum atomic E-state index is -0.764. The predicted octanol–water partition coefficient (Wildman–Crippen LogP) is 25.7. The average molecular weight is 1150 g/mol. The van der Waals surface area contributed by atoms with Crippen LogP contribution in [0.25, 0.3) is 0 Å². The number of unbranched alkanes of at least 4 members (excludes halogenated alkanes) is 55. The fourth-order valence-electron chi connectivity index (χ4n) is 11.6. The van der Waals surface area contributed by atoms with Crippen LogP contribution in [-0.4, -0.2) is 37.2 Å². The van der Waals surface area contributed by atoms with E-state index in [0.717, 1.165) is 64.2 Å². The molecule has 0 heterocycles. The first kappa shape index (κ1) is 79.9. The van der Waals surface area contributed by atoms with Crippen LogP contribution in [0.4, 0.5) is 0 Å². The van der Waals surface area contributed by atoms with Gasteiger partial charge in [-0.2, -0.15) is 0 Å². The highest BCUT2D eigenvalue weighted by Crippen LogP contribution is 2.19. The van der Waals surface area contributed by atoms with E-state index in [0.29, 0.717) is 19.3 Å². The third-order valence-electron chi connectivity index (χ3n) is 17.2. The van der Waals surface area contributed by atoms with Crippen LogP contribution in [0.5, 0.6) is 0 Å². The summed E-state index contributed by atoms with van der Waals surface area (Å²) in [6, 6.07) is 0. The molecule has 0 aromatic heterocycles. The molecule has 6 nitrogen and oxygen atoms in total. The summed E-state index contributed by atoms with van der Waals surface area (Å²) in [5.41, 5.74) is 0. The van der Waals surface area contributed by atoms with Crippen LogP contribution in [0.1, 0.15) is 425 Å². The summed E-state index contributed by atoms with van der Waals surface area (Å²) < 4.78 is 16.9. The van der Waals surface area contributed by atoms with Gasteiger partial charge in [-0.1, -0.05) is 379 Å². The van der Waals surface area contributed by atoms with Crippen molar-refractivity contribution in [3.63, 3.8) is 0 Å². The van der Waals surface area contributed by atoms with Gasteiger partial charge in [0.1, 0.15) is 13.2 Å². The maximum Gasteiger partial charge on any atom is 0.306 e. The molecule has 0 fully saturated rings. The Morgan fingerprint density at radius 1 is 0.244 bits per heavy atom. The zero-order valence-corrected chi connectivity index (χ0v) is 55.8. The Morgan fingerprint density at radius 3 is 0.671 bits per heavy atom. The van der Waals surface area contributed by atoms with Crippen LogP contribution in [0, 0.1) is 0 Å². The van der Waals surface area contributed by atoms with Gasteiger partial charge in [0.25, 0.3) is 0 Å². The highest BCUT2D eigenvalue weighted by Gasteiger charge is 2.20. The molecule has 0 saturated carbocycles. The normalized spacial score (nSPS) is 12.1. The number of allylic oxidation sites excluding steroid dienone is 4. The zero-order chi connectivity index (χ0) is 59.2. The first-order chi connectivity index (χ1) is 40.5. The van der Waals surface area contributed by atoms with E-state index in [1.807, 2.05) is 0 Å². The monoisotopic (exact) mass is 1150 g/mol. The van der Waals surface area contributed by atoms with E-state index in [9.17, 15) is 14.4 Å². The molecular weight excluding hydrogens is 1010 g/mol. The maximum atomic E-state index is 12.9. The molecule has 0 amide bonds. The Morgan fingerprint density at radius 2 is 0.439 bits per heavy atom. The molecule has 0 aliphatic heterocycles. The largest absolute Gasteiger partial charge is 0.462 e. The number of ether oxygens (including phenoxy) is 3. The van der Waals surface area contributed by atoms with Crippen molar-refractivity contribution in [3.05, 3.63) is 24.3 Å². The number of rotatable bonds is 70. The molecule has 1 unspecified atom stereocenters. The topological polar surface area (TPSA) is 78.9 Å². The Kier molecular flexibility index (Phi) is 69.5. The highest BCUT2D eigenvalue weighted by atomic mass is 16.6. The van der Waals surface area contributed by atoms with Gasteiger partial charge in [0.05, 0.1) is 0 Å². The first-order valence-electron chi connectivity index (χ1n) is 37.3. The minimum Gasteiger partial charge on any atom is -0.462 e. The van der Waals surface area contributed by atoms with Crippen LogP contribution in [0.15, 0.2) is 24.3 Å². The van der Waals surface area contributed by atoms with Gasteiger partial charge < -0.3 is 14.2 Å². The van der Waals surface area contributed by atoms with Gasteiger partial charge in [0.15, 0.2) is 6.10 Å². The van der Waals surface area contributed by atoms with Crippen molar-refractivity contribution >= 4 is 17.9 Å². The van der Waals surface area contributed by atoms with Crippen LogP contribution >= 0.6 is 0 Å². The maximum absolute atomic E-state index is 12.9. The Hall–Kier alpha value is -2.11. The van der Waals surface area contributed by atoms with Crippen LogP contribution < -0.4 is 0 Å². The van der Waals surface area contributed by atoms with Crippen LogP contribution in [-0.2, 0) is 28.6 Å². The lowest BCUT2D eigenvalue weighted by Gasteiger charge is -2.18. The number of esters is 3. The first-order valence-corrected chi connectivity index (χ1v) is 37.3. The van der Waals surface area contributed by atoms with Crippen molar-refractivity contribution in [2.24, 2.45) is 0 Å². The number of carbonyl (C=O) groups is 3. The molecule has 0 aromatic carbocycles. The van der Waals surface area contributed by atoms with Gasteiger partial charge in [-0.15, -0.1) is 0 Å². The summed E-state index contributed by atoms with van der Waals surface area (Å²) in [4.78, 5) is 38.2. The van der Waals surface area contributed by atoms with E-state index >= 15 is 0 Å². The molecular formula is C76H144O6. The summed E-state index contributed by atoms with van der Waals surface area (Å²) >= 11 is 0. The number of hydrogen-bond donors (Lipinski definition) is 0. The summed E-state index contributed by atoms with van der Waals surface area (Å²) in [5.74, 6) is -0.837. The molecule has 0 saturated heterocycles. The van der Waals surface area contributed by atoms with Crippen molar-refractivity contribution in [1.82, 2.24) is 0 Å². The third kappa shape index (κ3) is 68.7. The Bertz CT molecular complexity index is 1320. The second-order valence-electron chi connectivity index (χ2n) is 25.6. The molecule has 6 heteroatoms. The van der Waals surface area contributed by atoms with E-state index < -0.39 is 6.10 Å². The molecule has 0 aliphatic rings. The molecule has 82 heavy (non-hydrogen) atoms. The zero-order valence-electron chi connectivity index (χ0n) is 55.8. The van der Waals surface area contributed by atoms with Gasteiger partial charge >= 0.3 is 17.9 Å². The number of carbonyl (C=O) groups excluding carboxylic acids is 3. The van der Waals surface area contributed by atoms with E-state index in [1.165, 1.54) is 321 Å². The lowest BCUT2D eigenvalue weighted by atomic mass is 10.0. The minimum absolute atomic E-state index is 0.0635. The highest BCUT2D eigenvalue weighted by molar-refractivity contribution is 5.71. The van der Waals surface area contributed by atoms with Crippen molar-refractivity contribution in [2.45, 2.75) is 431 Å². The molecule has 0 bridgehead atoms. The van der Waals surface area contributed by atoms with E-state index in [-0.39, 0.29) is 31.1 Å². The van der Waals surface area contributed by atoms with Crippen molar-refractivity contribution in [2.75, 3.05) is 13.2 Å². The summed E-state index contributed by atoms with van der Waals surface area (Å²) in [7, 11) is 0. The Labute approximate surface area is 513 Å². The average Bonchev–Trinajstić information content (AvgIpc) is 3.48. The summed E-state index contributed by atoms with van der Waals surface area (Å²) in [6.45, 7) is 6.67. The lowest BCUT2D eigenvalue weighted by Crippen LogP contribution is -2.30. The van der Waals surface area contributed by atoms with Gasteiger partial charge in [0.2, 0.25) is 0 Å². The van der Waals surface area contributed by atoms with Gasteiger partial charge in [0, 0.05) is 19.3 Å². The van der Waals surface area contributed by atoms with Crippen molar-refractivity contribution in [3.8, 4) is 0 Å². The number of hydrogen-bond acceptors (Lipinski definition) is 6. The fraction of sp³-hybridized carbons (Fsp3) is 0.908. The lowest BCUT2D eigenvalue weighted by molar-refractivity contribution is -0.167. The standard InChI is InChI=1S/C76H144O6/c1-4-7-10-13-16-18-20-22-24-26-28-30-32-34-35-36-37-38-39-40-41-42-44-45-47-49-51-53-55-57-60-63-66-69-75(78)81-72-73(71-80-74(77)68-65-62-59-15-12-9-6-3)82-76(79)70-67-64-61-58-56-54-52-50-48-46-43-33-31-29-27-25-23-21-19-17-14-11-8-5-2/h20,22,26,28,73H,4-19,21,23-25,27,29-72H2,1-3H3/b22-20-,28-26-. The second-order valence-corrected chi connectivity index (χ2v) is 25.6. The van der Waals surface area contributed by atoms with Crippen molar-refractivity contribution < 1.29 is 28.6 Å². The van der Waals surface area contributed by atoms with E-state index in [1.54, 1.807) is 0 Å². The molecule has 1 atom stereocenters. The smallest absolute Gasteiger partial charge is 0.306 e. The quantitative estimate of drug-likeness (QED) is 0.0261. The summed E-state index contributed by atoms with van der Waals surface area (Å²) in [5, 5.41) is 0. The second kappa shape index (κ2) is 71.4. The van der Waals surface area contributed by atoms with Gasteiger partial charge in [-0.05, 0) is 51.4 Å². The molecule has 0 spiro atoms. The van der Waals surface area contributed by atoms with Crippen LogP contribution in [0.3, 0.4) is 0 Å². The predicted molar refractivity (Wildman–Crippen MR) is 358 cm³/mol. The summed E-state index contributed by atoms with van der Waals surface area (Å²) in [6.07, 6.45) is 88.4. The van der Waals surface area contributed by atoms with E-state index in [4.69, 9.17) is 14.2 Å².